The highest BCUT2D eigenvalue weighted by Crippen LogP contribution is 2.22. The molecule has 0 N–H and O–H groups in total. The van der Waals surface area contributed by atoms with E-state index in [1.807, 2.05) is 13.8 Å². The number of nitro benzene ring substituents is 1. The molecule has 8 nitrogen and oxygen atoms in total. The first-order chi connectivity index (χ1) is 15.7. The number of nitro groups is 1. The molecule has 0 aliphatic carbocycles. The SMILES string of the molecule is CCCCN(C(=O)/C=C/c1ccc([N+](=O)[O-])cc1)C(C)c1nc2ccc(Cl)cc2c(=O)n1C. The Morgan fingerprint density at radius 1 is 1.27 bits per heavy atom. The van der Waals surface area contributed by atoms with Gasteiger partial charge in [-0.05, 0) is 55.3 Å². The third kappa shape index (κ3) is 5.46. The van der Waals surface area contributed by atoms with Crippen LogP contribution in [0.2, 0.25) is 5.02 Å². The summed E-state index contributed by atoms with van der Waals surface area (Å²) < 4.78 is 1.45. The van der Waals surface area contributed by atoms with Crippen LogP contribution in [0.25, 0.3) is 17.0 Å². The lowest BCUT2D eigenvalue weighted by molar-refractivity contribution is -0.384. The number of nitrogens with zero attached hydrogens (tertiary/aromatic N) is 4. The number of halogens is 1. The molecule has 1 aromatic heterocycles. The lowest BCUT2D eigenvalue weighted by atomic mass is 10.1. The smallest absolute Gasteiger partial charge is 0.269 e. The van der Waals surface area contributed by atoms with Crippen molar-refractivity contribution in [2.45, 2.75) is 32.7 Å². The molecule has 0 bridgehead atoms. The van der Waals surface area contributed by atoms with Crippen molar-refractivity contribution in [3.8, 4) is 0 Å². The molecule has 1 amide bonds. The van der Waals surface area contributed by atoms with Crippen LogP contribution in [0.5, 0.6) is 0 Å². The Balaban J connectivity index is 1.92. The molecular formula is C24H25ClN4O4. The van der Waals surface area contributed by atoms with Crippen LogP contribution in [0.3, 0.4) is 0 Å². The van der Waals surface area contributed by atoms with Gasteiger partial charge < -0.3 is 4.90 Å². The van der Waals surface area contributed by atoms with Crippen LogP contribution in [0, 0.1) is 10.1 Å². The van der Waals surface area contributed by atoms with E-state index in [4.69, 9.17) is 11.6 Å². The number of hydrogen-bond donors (Lipinski definition) is 0. The van der Waals surface area contributed by atoms with Gasteiger partial charge >= 0.3 is 0 Å². The molecule has 0 aliphatic rings. The van der Waals surface area contributed by atoms with E-state index in [2.05, 4.69) is 4.98 Å². The summed E-state index contributed by atoms with van der Waals surface area (Å²) in [6, 6.07) is 10.5. The highest BCUT2D eigenvalue weighted by Gasteiger charge is 2.24. The van der Waals surface area contributed by atoms with E-state index in [0.717, 1.165) is 12.8 Å². The minimum atomic E-state index is -0.471. The first kappa shape index (κ1) is 24.1. The number of non-ortho nitro benzene ring substituents is 1. The van der Waals surface area contributed by atoms with Gasteiger partial charge in [0.1, 0.15) is 5.82 Å². The highest BCUT2D eigenvalue weighted by molar-refractivity contribution is 6.31. The molecule has 2 aromatic carbocycles. The Bertz CT molecular complexity index is 1270. The molecule has 0 spiro atoms. The summed E-state index contributed by atoms with van der Waals surface area (Å²) in [6.45, 7) is 4.38. The fourth-order valence-corrected chi connectivity index (χ4v) is 3.74. The summed E-state index contributed by atoms with van der Waals surface area (Å²) in [7, 11) is 1.64. The third-order valence-electron chi connectivity index (χ3n) is 5.47. The van der Waals surface area contributed by atoms with Crippen LogP contribution < -0.4 is 5.56 Å². The molecule has 0 radical (unpaired) electrons. The van der Waals surface area contributed by atoms with Crippen molar-refractivity contribution in [2.75, 3.05) is 6.54 Å². The topological polar surface area (TPSA) is 98.3 Å². The van der Waals surface area contributed by atoms with Gasteiger partial charge in [0.05, 0.1) is 21.9 Å². The van der Waals surface area contributed by atoms with Gasteiger partial charge in [-0.3, -0.25) is 24.3 Å². The number of carbonyl (C=O) groups excluding carboxylic acids is 1. The molecular weight excluding hydrogens is 444 g/mol. The molecule has 3 rings (SSSR count). The van der Waals surface area contributed by atoms with Crippen LogP contribution >= 0.6 is 11.6 Å². The summed E-state index contributed by atoms with van der Waals surface area (Å²) in [5, 5.41) is 11.7. The van der Waals surface area contributed by atoms with Gasteiger partial charge in [0.2, 0.25) is 5.91 Å². The van der Waals surface area contributed by atoms with Gasteiger partial charge in [-0.2, -0.15) is 0 Å². The lowest BCUT2D eigenvalue weighted by Crippen LogP contribution is -2.37. The predicted octanol–water partition coefficient (Wildman–Crippen LogP) is 4.90. The molecule has 0 fully saturated rings. The summed E-state index contributed by atoms with van der Waals surface area (Å²) in [5.74, 6) is 0.239. The third-order valence-corrected chi connectivity index (χ3v) is 5.71. The van der Waals surface area contributed by atoms with Gasteiger partial charge in [0.15, 0.2) is 0 Å². The van der Waals surface area contributed by atoms with E-state index in [-0.39, 0.29) is 17.2 Å². The molecule has 1 atom stereocenters. The van der Waals surface area contributed by atoms with Crippen LogP contribution in [0.4, 0.5) is 5.69 Å². The second-order valence-corrected chi connectivity index (χ2v) is 8.18. The van der Waals surface area contributed by atoms with Gasteiger partial charge in [-0.1, -0.05) is 24.9 Å². The molecule has 1 unspecified atom stereocenters. The summed E-state index contributed by atoms with van der Waals surface area (Å²) in [4.78, 5) is 42.7. The molecule has 9 heteroatoms. The van der Waals surface area contributed by atoms with Crippen LogP contribution in [-0.2, 0) is 11.8 Å². The maximum absolute atomic E-state index is 13.1. The van der Waals surface area contributed by atoms with Crippen molar-refractivity contribution in [1.29, 1.82) is 0 Å². The Hall–Kier alpha value is -3.52. The van der Waals surface area contributed by atoms with E-state index >= 15 is 0 Å². The van der Waals surface area contributed by atoms with E-state index < -0.39 is 11.0 Å². The number of aromatic nitrogens is 2. The quantitative estimate of drug-likeness (QED) is 0.266. The Morgan fingerprint density at radius 2 is 1.97 bits per heavy atom. The van der Waals surface area contributed by atoms with Crippen LogP contribution in [0.15, 0.2) is 53.3 Å². The Kier molecular flexibility index (Phi) is 7.60. The van der Waals surface area contributed by atoms with Crippen molar-refractivity contribution < 1.29 is 9.72 Å². The van der Waals surface area contributed by atoms with Gasteiger partial charge in [0.25, 0.3) is 11.2 Å². The highest BCUT2D eigenvalue weighted by atomic mass is 35.5. The van der Waals surface area contributed by atoms with Crippen molar-refractivity contribution in [3.05, 3.63) is 85.4 Å². The Labute approximate surface area is 196 Å². The summed E-state index contributed by atoms with van der Waals surface area (Å²) in [6.07, 6.45) is 4.74. The van der Waals surface area contributed by atoms with Crippen LogP contribution in [-0.4, -0.2) is 31.8 Å². The minimum absolute atomic E-state index is 0.0127. The largest absolute Gasteiger partial charge is 0.329 e. The van der Waals surface area contributed by atoms with E-state index in [9.17, 15) is 19.7 Å². The molecule has 0 saturated carbocycles. The molecule has 0 saturated heterocycles. The number of carbonyl (C=O) groups is 1. The first-order valence-electron chi connectivity index (χ1n) is 10.6. The van der Waals surface area contributed by atoms with Gasteiger partial charge in [-0.15, -0.1) is 0 Å². The van der Waals surface area contributed by atoms with Crippen molar-refractivity contribution >= 4 is 40.2 Å². The predicted molar refractivity (Wildman–Crippen MR) is 129 cm³/mol. The molecule has 3 aromatic rings. The maximum Gasteiger partial charge on any atom is 0.269 e. The summed E-state index contributed by atoms with van der Waals surface area (Å²) in [5.41, 5.74) is 0.953. The number of rotatable bonds is 8. The molecule has 172 valence electrons. The number of amides is 1. The monoisotopic (exact) mass is 468 g/mol. The fourth-order valence-electron chi connectivity index (χ4n) is 3.57. The van der Waals surface area contributed by atoms with Crippen molar-refractivity contribution in [1.82, 2.24) is 14.5 Å². The van der Waals surface area contributed by atoms with Crippen molar-refractivity contribution in [2.24, 2.45) is 7.05 Å². The standard InChI is InChI=1S/C24H25ClN4O4/c1-4-5-14-28(22(30)13-8-17-6-10-19(11-7-17)29(32)33)16(2)23-26-21-12-9-18(25)15-20(21)24(31)27(23)3/h6-13,15-16H,4-5,14H2,1-3H3/b13-8+. The van der Waals surface area contributed by atoms with E-state index in [1.165, 1.54) is 22.8 Å². The van der Waals surface area contributed by atoms with Crippen molar-refractivity contribution in [3.63, 3.8) is 0 Å². The average molecular weight is 469 g/mol. The normalized spacial score (nSPS) is 12.2. The molecule has 1 heterocycles. The summed E-state index contributed by atoms with van der Waals surface area (Å²) >= 11 is 6.03. The number of fused-ring (bicyclic) bond motifs is 1. The fraction of sp³-hybridized carbons (Fsp3) is 0.292. The second kappa shape index (κ2) is 10.4. The molecule has 0 aliphatic heterocycles. The first-order valence-corrected chi connectivity index (χ1v) is 11.0. The lowest BCUT2D eigenvalue weighted by Gasteiger charge is -2.29. The van der Waals surface area contributed by atoms with Gasteiger partial charge in [-0.25, -0.2) is 4.98 Å². The number of unbranched alkanes of at least 4 members (excludes halogenated alkanes) is 1. The van der Waals surface area contributed by atoms with E-state index in [1.54, 1.807) is 48.4 Å². The maximum atomic E-state index is 13.1. The number of benzene rings is 2. The zero-order valence-electron chi connectivity index (χ0n) is 18.7. The second-order valence-electron chi connectivity index (χ2n) is 7.74. The number of hydrogen-bond acceptors (Lipinski definition) is 5. The zero-order chi connectivity index (χ0) is 24.1. The van der Waals surface area contributed by atoms with E-state index in [0.29, 0.717) is 33.9 Å². The zero-order valence-corrected chi connectivity index (χ0v) is 19.5. The average Bonchev–Trinajstić information content (AvgIpc) is 2.80. The Morgan fingerprint density at radius 3 is 2.61 bits per heavy atom. The van der Waals surface area contributed by atoms with Gasteiger partial charge in [0, 0.05) is 36.8 Å². The van der Waals surface area contributed by atoms with Crippen LogP contribution in [0.1, 0.15) is 44.1 Å². The minimum Gasteiger partial charge on any atom is -0.329 e. The molecule has 33 heavy (non-hydrogen) atoms.